The molecular weight excluding hydrogens is 287 g/mol. The molecule has 1 aromatic carbocycles. The van der Waals surface area contributed by atoms with Crippen LogP contribution in [0.25, 0.3) is 0 Å². The summed E-state index contributed by atoms with van der Waals surface area (Å²) in [5.41, 5.74) is 5.14. The molecule has 1 aromatic rings. The van der Waals surface area contributed by atoms with Crippen molar-refractivity contribution >= 4 is 29.2 Å². The van der Waals surface area contributed by atoms with E-state index in [1.807, 2.05) is 0 Å². The lowest BCUT2D eigenvalue weighted by Gasteiger charge is -2.18. The van der Waals surface area contributed by atoms with E-state index in [1.165, 1.54) is 13.0 Å². The summed E-state index contributed by atoms with van der Waals surface area (Å²) in [5, 5.41) is -0.185. The lowest BCUT2D eigenvalue weighted by Crippen LogP contribution is -2.32. The van der Waals surface area contributed by atoms with E-state index in [2.05, 4.69) is 4.74 Å². The predicted octanol–water partition coefficient (Wildman–Crippen LogP) is 3.03. The van der Waals surface area contributed by atoms with E-state index in [0.29, 0.717) is 0 Å². The zero-order valence-corrected chi connectivity index (χ0v) is 10.9. The first-order valence-electron chi connectivity index (χ1n) is 5.09. The summed E-state index contributed by atoms with van der Waals surface area (Å²) in [6, 6.07) is 0.643. The number of esters is 1. The SMILES string of the molecule is CCOC(=O)C(F)[C@@H](N)c1c(F)ccc(Cl)c1Cl. The zero-order valence-electron chi connectivity index (χ0n) is 9.42. The highest BCUT2D eigenvalue weighted by Gasteiger charge is 2.31. The third-order valence-electron chi connectivity index (χ3n) is 2.24. The zero-order chi connectivity index (χ0) is 13.9. The molecule has 0 aliphatic rings. The Labute approximate surface area is 113 Å². The van der Waals surface area contributed by atoms with Crippen LogP contribution in [-0.4, -0.2) is 18.7 Å². The summed E-state index contributed by atoms with van der Waals surface area (Å²) in [6.07, 6.45) is -2.21. The molecule has 3 nitrogen and oxygen atoms in total. The Balaban J connectivity index is 3.07. The first-order chi connectivity index (χ1) is 8.40. The summed E-state index contributed by atoms with van der Waals surface area (Å²) in [7, 11) is 0. The molecule has 0 spiro atoms. The number of rotatable bonds is 4. The van der Waals surface area contributed by atoms with Gasteiger partial charge in [-0.1, -0.05) is 23.2 Å². The van der Waals surface area contributed by atoms with Crippen molar-refractivity contribution in [3.05, 3.63) is 33.6 Å². The number of hydrogen-bond acceptors (Lipinski definition) is 3. The van der Waals surface area contributed by atoms with Gasteiger partial charge in [-0.2, -0.15) is 0 Å². The lowest BCUT2D eigenvalue weighted by atomic mass is 10.0. The monoisotopic (exact) mass is 297 g/mol. The molecule has 1 rings (SSSR count). The summed E-state index contributed by atoms with van der Waals surface area (Å²) in [4.78, 5) is 11.2. The van der Waals surface area contributed by atoms with E-state index in [1.54, 1.807) is 0 Å². The second-order valence-corrected chi connectivity index (χ2v) is 4.22. The van der Waals surface area contributed by atoms with E-state index in [4.69, 9.17) is 28.9 Å². The third kappa shape index (κ3) is 3.10. The topological polar surface area (TPSA) is 52.3 Å². The molecule has 0 heterocycles. The minimum atomic E-state index is -2.21. The average molecular weight is 298 g/mol. The Morgan fingerprint density at radius 3 is 2.67 bits per heavy atom. The van der Waals surface area contributed by atoms with Gasteiger partial charge in [0.25, 0.3) is 0 Å². The van der Waals surface area contributed by atoms with E-state index >= 15 is 0 Å². The van der Waals surface area contributed by atoms with Crippen LogP contribution < -0.4 is 5.73 Å². The highest BCUT2D eigenvalue weighted by atomic mass is 35.5. The molecule has 0 radical (unpaired) electrons. The summed E-state index contributed by atoms with van der Waals surface area (Å²) >= 11 is 11.4. The fourth-order valence-corrected chi connectivity index (χ4v) is 1.81. The van der Waals surface area contributed by atoms with Crippen LogP contribution >= 0.6 is 23.2 Å². The molecule has 18 heavy (non-hydrogen) atoms. The van der Waals surface area contributed by atoms with Crippen molar-refractivity contribution in [2.45, 2.75) is 19.1 Å². The Hall–Kier alpha value is -0.910. The maximum absolute atomic E-state index is 13.7. The number of carbonyl (C=O) groups excluding carboxylic acids is 1. The van der Waals surface area contributed by atoms with E-state index in [-0.39, 0.29) is 22.2 Å². The summed E-state index contributed by atoms with van der Waals surface area (Å²) < 4.78 is 31.7. The number of alkyl halides is 1. The van der Waals surface area contributed by atoms with Gasteiger partial charge in [0, 0.05) is 5.56 Å². The van der Waals surface area contributed by atoms with Crippen LogP contribution in [0.1, 0.15) is 18.5 Å². The smallest absolute Gasteiger partial charge is 0.342 e. The molecule has 0 fully saturated rings. The first-order valence-corrected chi connectivity index (χ1v) is 5.85. The number of halogens is 4. The van der Waals surface area contributed by atoms with E-state index < -0.39 is 24.0 Å². The Bertz CT molecular complexity index is 457. The van der Waals surface area contributed by atoms with Gasteiger partial charge in [-0.05, 0) is 19.1 Å². The molecule has 0 aromatic heterocycles. The fourth-order valence-electron chi connectivity index (χ4n) is 1.36. The second kappa shape index (κ2) is 6.31. The number of benzene rings is 1. The maximum Gasteiger partial charge on any atom is 0.342 e. The van der Waals surface area contributed by atoms with Crippen molar-refractivity contribution in [2.24, 2.45) is 5.73 Å². The largest absolute Gasteiger partial charge is 0.464 e. The normalized spacial score (nSPS) is 14.1. The maximum atomic E-state index is 13.7. The number of hydrogen-bond donors (Lipinski definition) is 1. The lowest BCUT2D eigenvalue weighted by molar-refractivity contribution is -0.149. The van der Waals surface area contributed by atoms with Gasteiger partial charge in [-0.3, -0.25) is 0 Å². The second-order valence-electron chi connectivity index (χ2n) is 3.44. The predicted molar refractivity (Wildman–Crippen MR) is 64.9 cm³/mol. The van der Waals surface area contributed by atoms with Gasteiger partial charge >= 0.3 is 5.97 Å². The number of carbonyl (C=O) groups is 1. The summed E-state index contributed by atoms with van der Waals surface area (Å²) in [6.45, 7) is 1.51. The van der Waals surface area contributed by atoms with Crippen molar-refractivity contribution in [1.82, 2.24) is 0 Å². The molecule has 1 unspecified atom stereocenters. The molecule has 100 valence electrons. The van der Waals surface area contributed by atoms with Crippen LogP contribution in [0, 0.1) is 5.82 Å². The van der Waals surface area contributed by atoms with Crippen molar-refractivity contribution in [2.75, 3.05) is 6.61 Å². The van der Waals surface area contributed by atoms with E-state index in [9.17, 15) is 13.6 Å². The van der Waals surface area contributed by atoms with Crippen LogP contribution in [0.2, 0.25) is 10.0 Å². The van der Waals surface area contributed by atoms with Crippen molar-refractivity contribution in [3.8, 4) is 0 Å². The molecule has 0 saturated carbocycles. The van der Waals surface area contributed by atoms with Gasteiger partial charge < -0.3 is 10.5 Å². The van der Waals surface area contributed by atoms with Gasteiger partial charge in [-0.25, -0.2) is 13.6 Å². The standard InChI is InChI=1S/C11H11Cl2F2NO2/c1-2-18-11(17)9(15)10(16)7-6(14)4-3-5(12)8(7)13/h3-4,9-10H,2,16H2,1H3/t9?,10-/m0/s1. The van der Waals surface area contributed by atoms with E-state index in [0.717, 1.165) is 6.07 Å². The number of nitrogens with two attached hydrogens (primary N) is 1. The van der Waals surface area contributed by atoms with Crippen molar-refractivity contribution in [3.63, 3.8) is 0 Å². The third-order valence-corrected chi connectivity index (χ3v) is 3.06. The Morgan fingerprint density at radius 2 is 2.11 bits per heavy atom. The average Bonchev–Trinajstić information content (AvgIpc) is 2.33. The van der Waals surface area contributed by atoms with Crippen LogP contribution in [0.3, 0.4) is 0 Å². The molecule has 0 aliphatic heterocycles. The highest BCUT2D eigenvalue weighted by molar-refractivity contribution is 6.42. The van der Waals surface area contributed by atoms with Crippen LogP contribution in [0.15, 0.2) is 12.1 Å². The van der Waals surface area contributed by atoms with Gasteiger partial charge in [-0.15, -0.1) is 0 Å². The Morgan fingerprint density at radius 1 is 1.50 bits per heavy atom. The van der Waals surface area contributed by atoms with Gasteiger partial charge in [0.2, 0.25) is 6.17 Å². The molecule has 0 amide bonds. The van der Waals surface area contributed by atoms with Gasteiger partial charge in [0.1, 0.15) is 5.82 Å². The quantitative estimate of drug-likeness (QED) is 0.686. The van der Waals surface area contributed by atoms with Crippen LogP contribution in [0.4, 0.5) is 8.78 Å². The number of ether oxygens (including phenoxy) is 1. The Kier molecular flexibility index (Phi) is 5.31. The molecule has 2 atom stereocenters. The molecule has 2 N–H and O–H groups in total. The molecule has 0 saturated heterocycles. The minimum Gasteiger partial charge on any atom is -0.464 e. The fraction of sp³-hybridized carbons (Fsp3) is 0.364. The minimum absolute atomic E-state index is 0.00225. The van der Waals surface area contributed by atoms with Gasteiger partial charge in [0.15, 0.2) is 0 Å². The highest BCUT2D eigenvalue weighted by Crippen LogP contribution is 2.33. The summed E-state index contributed by atoms with van der Waals surface area (Å²) in [5.74, 6) is -2.00. The van der Waals surface area contributed by atoms with Crippen molar-refractivity contribution in [1.29, 1.82) is 0 Å². The van der Waals surface area contributed by atoms with Crippen LogP contribution in [-0.2, 0) is 9.53 Å². The van der Waals surface area contributed by atoms with Crippen LogP contribution in [0.5, 0.6) is 0 Å². The molecule has 0 bridgehead atoms. The molecular formula is C11H11Cl2F2NO2. The molecule has 0 aliphatic carbocycles. The van der Waals surface area contributed by atoms with Gasteiger partial charge in [0.05, 0.1) is 22.7 Å². The van der Waals surface area contributed by atoms with Crippen molar-refractivity contribution < 1.29 is 18.3 Å². The molecule has 7 heteroatoms. The first kappa shape index (κ1) is 15.1.